The summed E-state index contributed by atoms with van der Waals surface area (Å²) in [7, 11) is 0. The van der Waals surface area contributed by atoms with Crippen molar-refractivity contribution < 1.29 is 14.6 Å². The van der Waals surface area contributed by atoms with Crippen LogP contribution in [0.5, 0.6) is 0 Å². The fourth-order valence-electron chi connectivity index (χ4n) is 2.41. The smallest absolute Gasteiger partial charge is 0.354 e. The highest BCUT2D eigenvalue weighted by atomic mass is 16.5. The lowest BCUT2D eigenvalue weighted by Gasteiger charge is -2.27. The minimum atomic E-state index is -0.998. The third-order valence-corrected chi connectivity index (χ3v) is 3.42. The number of hydrogen-bond donors (Lipinski definition) is 2. The van der Waals surface area contributed by atoms with Gasteiger partial charge in [-0.2, -0.15) is 0 Å². The van der Waals surface area contributed by atoms with E-state index in [4.69, 9.17) is 9.84 Å². The van der Waals surface area contributed by atoms with Crippen molar-refractivity contribution in [1.82, 2.24) is 4.98 Å². The Bertz CT molecular complexity index is 436. The Kier molecular flexibility index (Phi) is 4.74. The molecule has 0 bridgehead atoms. The van der Waals surface area contributed by atoms with E-state index >= 15 is 0 Å². The van der Waals surface area contributed by atoms with Crippen LogP contribution in [0.3, 0.4) is 0 Å². The highest BCUT2D eigenvalue weighted by molar-refractivity contribution is 5.85. The zero-order valence-electron chi connectivity index (χ0n) is 11.1. The van der Waals surface area contributed by atoms with Crippen LogP contribution in [0, 0.1) is 5.92 Å². The molecular formula is C14H20N2O3. The van der Waals surface area contributed by atoms with E-state index in [2.05, 4.69) is 17.2 Å². The van der Waals surface area contributed by atoms with Crippen LogP contribution in [0.25, 0.3) is 0 Å². The van der Waals surface area contributed by atoms with Crippen molar-refractivity contribution in [1.29, 1.82) is 0 Å². The van der Waals surface area contributed by atoms with Crippen LogP contribution in [0.1, 0.15) is 36.7 Å². The molecule has 1 aromatic heterocycles. The fourth-order valence-corrected chi connectivity index (χ4v) is 2.41. The number of aromatic carboxylic acids is 1. The van der Waals surface area contributed by atoms with E-state index in [0.29, 0.717) is 17.8 Å². The SMILES string of the molecule is CC1CC(CCNc2cccc(C(=O)O)n2)CCO1. The van der Waals surface area contributed by atoms with Crippen LogP contribution >= 0.6 is 0 Å². The number of nitrogens with one attached hydrogen (secondary N) is 1. The van der Waals surface area contributed by atoms with Gasteiger partial charge in [-0.25, -0.2) is 9.78 Å². The van der Waals surface area contributed by atoms with Gasteiger partial charge in [0.05, 0.1) is 6.10 Å². The van der Waals surface area contributed by atoms with Crippen LogP contribution in [0.4, 0.5) is 5.82 Å². The summed E-state index contributed by atoms with van der Waals surface area (Å²) >= 11 is 0. The van der Waals surface area contributed by atoms with Crippen molar-refractivity contribution in [3.05, 3.63) is 23.9 Å². The average molecular weight is 264 g/mol. The second-order valence-corrected chi connectivity index (χ2v) is 5.00. The molecule has 2 rings (SSSR count). The maximum absolute atomic E-state index is 10.8. The number of carboxylic acid groups (broad SMARTS) is 1. The van der Waals surface area contributed by atoms with E-state index in [1.807, 2.05) is 0 Å². The maximum Gasteiger partial charge on any atom is 0.354 e. The van der Waals surface area contributed by atoms with Gasteiger partial charge in [0.25, 0.3) is 0 Å². The van der Waals surface area contributed by atoms with Crippen molar-refractivity contribution >= 4 is 11.8 Å². The first-order valence-electron chi connectivity index (χ1n) is 6.71. The highest BCUT2D eigenvalue weighted by Gasteiger charge is 2.18. The third kappa shape index (κ3) is 4.21. The zero-order valence-corrected chi connectivity index (χ0v) is 11.1. The van der Waals surface area contributed by atoms with E-state index in [1.165, 1.54) is 6.07 Å². The zero-order chi connectivity index (χ0) is 13.7. The van der Waals surface area contributed by atoms with Gasteiger partial charge < -0.3 is 15.2 Å². The van der Waals surface area contributed by atoms with E-state index < -0.39 is 5.97 Å². The minimum Gasteiger partial charge on any atom is -0.477 e. The minimum absolute atomic E-state index is 0.0738. The molecule has 0 aliphatic carbocycles. The highest BCUT2D eigenvalue weighted by Crippen LogP contribution is 2.22. The van der Waals surface area contributed by atoms with Gasteiger partial charge >= 0.3 is 5.97 Å². The molecule has 2 heterocycles. The van der Waals surface area contributed by atoms with Gasteiger partial charge in [-0.3, -0.25) is 0 Å². The maximum atomic E-state index is 10.8. The number of carboxylic acids is 1. The van der Waals surface area contributed by atoms with Crippen molar-refractivity contribution in [3.8, 4) is 0 Å². The average Bonchev–Trinajstić information content (AvgIpc) is 2.39. The number of carbonyl (C=O) groups is 1. The van der Waals surface area contributed by atoms with Crippen LogP contribution in [-0.4, -0.2) is 35.3 Å². The van der Waals surface area contributed by atoms with E-state index in [-0.39, 0.29) is 5.69 Å². The van der Waals surface area contributed by atoms with Gasteiger partial charge in [-0.1, -0.05) is 6.07 Å². The summed E-state index contributed by atoms with van der Waals surface area (Å²) in [6.45, 7) is 3.77. The van der Waals surface area contributed by atoms with E-state index in [1.54, 1.807) is 12.1 Å². The van der Waals surface area contributed by atoms with Crippen molar-refractivity contribution in [3.63, 3.8) is 0 Å². The second kappa shape index (κ2) is 6.52. The van der Waals surface area contributed by atoms with E-state index in [9.17, 15) is 4.79 Å². The molecule has 5 nitrogen and oxygen atoms in total. The molecule has 19 heavy (non-hydrogen) atoms. The van der Waals surface area contributed by atoms with Gasteiger partial charge in [0.1, 0.15) is 5.82 Å². The van der Waals surface area contributed by atoms with Crippen LogP contribution in [0.2, 0.25) is 0 Å². The summed E-state index contributed by atoms with van der Waals surface area (Å²) in [6.07, 6.45) is 3.62. The van der Waals surface area contributed by atoms with E-state index in [0.717, 1.165) is 32.4 Å². The third-order valence-electron chi connectivity index (χ3n) is 3.42. The lowest BCUT2D eigenvalue weighted by molar-refractivity contribution is 0.00165. The van der Waals surface area contributed by atoms with Gasteiger partial charge in [-0.05, 0) is 44.2 Å². The number of rotatable bonds is 5. The van der Waals surface area contributed by atoms with Gasteiger partial charge in [0.2, 0.25) is 0 Å². The molecule has 0 radical (unpaired) electrons. The Morgan fingerprint density at radius 3 is 3.16 bits per heavy atom. The molecule has 2 N–H and O–H groups in total. The molecule has 104 valence electrons. The molecule has 1 aliphatic rings. The molecule has 0 saturated carbocycles. The van der Waals surface area contributed by atoms with Crippen molar-refractivity contribution in [2.75, 3.05) is 18.5 Å². The number of aromatic nitrogens is 1. The van der Waals surface area contributed by atoms with Crippen molar-refractivity contribution in [2.24, 2.45) is 5.92 Å². The molecule has 1 aromatic rings. The largest absolute Gasteiger partial charge is 0.477 e. The Labute approximate surface area is 113 Å². The molecule has 1 saturated heterocycles. The number of nitrogens with zero attached hydrogens (tertiary/aromatic N) is 1. The van der Waals surface area contributed by atoms with Crippen LogP contribution in [-0.2, 0) is 4.74 Å². The predicted molar refractivity (Wildman–Crippen MR) is 72.4 cm³/mol. The molecule has 1 fully saturated rings. The predicted octanol–water partition coefficient (Wildman–Crippen LogP) is 2.40. The second-order valence-electron chi connectivity index (χ2n) is 5.00. The van der Waals surface area contributed by atoms with Gasteiger partial charge in [-0.15, -0.1) is 0 Å². The molecule has 1 aliphatic heterocycles. The van der Waals surface area contributed by atoms with Crippen molar-refractivity contribution in [2.45, 2.75) is 32.3 Å². The Hall–Kier alpha value is -1.62. The van der Waals surface area contributed by atoms with Crippen LogP contribution < -0.4 is 5.32 Å². The number of hydrogen-bond acceptors (Lipinski definition) is 4. The summed E-state index contributed by atoms with van der Waals surface area (Å²) in [5, 5.41) is 12.1. The monoisotopic (exact) mass is 264 g/mol. The Balaban J connectivity index is 1.79. The lowest BCUT2D eigenvalue weighted by Crippen LogP contribution is -2.24. The summed E-state index contributed by atoms with van der Waals surface area (Å²) in [5.41, 5.74) is 0.0738. The Morgan fingerprint density at radius 2 is 2.42 bits per heavy atom. The Morgan fingerprint density at radius 1 is 1.58 bits per heavy atom. The molecule has 0 amide bonds. The topological polar surface area (TPSA) is 71.5 Å². The first-order chi connectivity index (χ1) is 9.15. The summed E-state index contributed by atoms with van der Waals surface area (Å²) in [5.74, 6) is 0.306. The van der Waals surface area contributed by atoms with Gasteiger partial charge in [0.15, 0.2) is 5.69 Å². The summed E-state index contributed by atoms with van der Waals surface area (Å²) < 4.78 is 5.52. The normalized spacial score (nSPS) is 23.0. The van der Waals surface area contributed by atoms with Crippen LogP contribution in [0.15, 0.2) is 18.2 Å². The molecule has 0 spiro atoms. The molecular weight excluding hydrogens is 244 g/mol. The molecule has 2 unspecified atom stereocenters. The first kappa shape index (κ1) is 13.8. The fraction of sp³-hybridized carbons (Fsp3) is 0.571. The summed E-state index contributed by atoms with van der Waals surface area (Å²) in [6, 6.07) is 4.99. The number of ether oxygens (including phenoxy) is 1. The number of anilines is 1. The molecule has 5 heteroatoms. The molecule has 0 aromatic carbocycles. The molecule has 2 atom stereocenters. The lowest BCUT2D eigenvalue weighted by atomic mass is 9.93. The number of pyridine rings is 1. The van der Waals surface area contributed by atoms with Gasteiger partial charge in [0, 0.05) is 13.2 Å². The first-order valence-corrected chi connectivity index (χ1v) is 6.71. The summed E-state index contributed by atoms with van der Waals surface area (Å²) in [4.78, 5) is 14.8. The standard InChI is InChI=1S/C14H20N2O3/c1-10-9-11(6-8-19-10)5-7-15-13-4-2-3-12(16-13)14(17)18/h2-4,10-11H,5-9H2,1H3,(H,15,16)(H,17,18). The quantitative estimate of drug-likeness (QED) is 0.854.